The van der Waals surface area contributed by atoms with Gasteiger partial charge in [-0.1, -0.05) is 0 Å². The predicted molar refractivity (Wildman–Crippen MR) is 58.1 cm³/mol. The fraction of sp³-hybridized carbons (Fsp3) is 0.889. The SMILES string of the molecule is CN(CCS(C)(=O)=O)C(=O)C1(N)CCC1. The number of nitrogens with two attached hydrogens (primary N) is 1. The van der Waals surface area contributed by atoms with Crippen molar-refractivity contribution >= 4 is 15.7 Å². The standard InChI is InChI=1S/C9H18N2O3S/c1-11(6-7-15(2,13)14)8(12)9(10)4-3-5-9/h3-7,10H2,1-2H3. The molecule has 1 aliphatic rings. The third kappa shape index (κ3) is 3.17. The van der Waals surface area contributed by atoms with Crippen molar-refractivity contribution in [3.63, 3.8) is 0 Å². The molecule has 0 bridgehead atoms. The van der Waals surface area contributed by atoms with Gasteiger partial charge >= 0.3 is 0 Å². The second kappa shape index (κ2) is 4.09. The number of hydrogen-bond donors (Lipinski definition) is 1. The first-order chi connectivity index (χ1) is 6.75. The van der Waals surface area contributed by atoms with Gasteiger partial charge in [-0.3, -0.25) is 4.79 Å². The Bertz CT molecular complexity index is 346. The summed E-state index contributed by atoms with van der Waals surface area (Å²) in [5, 5.41) is 0. The van der Waals surface area contributed by atoms with Gasteiger partial charge in [0.1, 0.15) is 9.84 Å². The summed E-state index contributed by atoms with van der Waals surface area (Å²) in [6.45, 7) is 0.219. The van der Waals surface area contributed by atoms with Crippen molar-refractivity contribution in [2.24, 2.45) is 5.73 Å². The number of nitrogens with zero attached hydrogens (tertiary/aromatic N) is 1. The van der Waals surface area contributed by atoms with Gasteiger partial charge in [-0.25, -0.2) is 8.42 Å². The lowest BCUT2D eigenvalue weighted by Gasteiger charge is -2.39. The molecule has 1 saturated carbocycles. The van der Waals surface area contributed by atoms with Crippen molar-refractivity contribution in [3.8, 4) is 0 Å². The second-order valence-electron chi connectivity index (χ2n) is 4.37. The van der Waals surface area contributed by atoms with Gasteiger partial charge in [0.05, 0.1) is 11.3 Å². The van der Waals surface area contributed by atoms with Crippen molar-refractivity contribution in [2.75, 3.05) is 25.6 Å². The first-order valence-corrected chi connectivity index (χ1v) is 7.03. The van der Waals surface area contributed by atoms with Crippen LogP contribution < -0.4 is 5.73 Å². The quantitative estimate of drug-likeness (QED) is 0.702. The van der Waals surface area contributed by atoms with Crippen LogP contribution in [-0.4, -0.2) is 50.4 Å². The molecule has 2 N–H and O–H groups in total. The number of amides is 1. The normalized spacial score (nSPS) is 19.4. The van der Waals surface area contributed by atoms with Crippen LogP contribution in [0.15, 0.2) is 0 Å². The van der Waals surface area contributed by atoms with E-state index in [1.54, 1.807) is 7.05 Å². The van der Waals surface area contributed by atoms with Crippen LogP contribution >= 0.6 is 0 Å². The molecule has 15 heavy (non-hydrogen) atoms. The minimum absolute atomic E-state index is 0.00861. The maximum atomic E-state index is 11.8. The molecule has 0 radical (unpaired) electrons. The van der Waals surface area contributed by atoms with Crippen molar-refractivity contribution < 1.29 is 13.2 Å². The van der Waals surface area contributed by atoms with E-state index < -0.39 is 15.4 Å². The summed E-state index contributed by atoms with van der Waals surface area (Å²) < 4.78 is 21.8. The average Bonchev–Trinajstić information content (AvgIpc) is 2.07. The van der Waals surface area contributed by atoms with E-state index in [4.69, 9.17) is 5.73 Å². The summed E-state index contributed by atoms with van der Waals surface area (Å²) in [6, 6.07) is 0. The molecule has 5 nitrogen and oxygen atoms in total. The Kier molecular flexibility index (Phi) is 3.40. The third-order valence-corrected chi connectivity index (χ3v) is 3.74. The third-order valence-electron chi connectivity index (χ3n) is 2.82. The molecule has 0 heterocycles. The summed E-state index contributed by atoms with van der Waals surface area (Å²) in [7, 11) is -1.42. The summed E-state index contributed by atoms with van der Waals surface area (Å²) >= 11 is 0. The van der Waals surface area contributed by atoms with Gasteiger partial charge in [0.2, 0.25) is 5.91 Å². The summed E-state index contributed by atoms with van der Waals surface area (Å²) in [5.41, 5.74) is 5.12. The molecule has 1 amide bonds. The van der Waals surface area contributed by atoms with Gasteiger partial charge < -0.3 is 10.6 Å². The van der Waals surface area contributed by atoms with E-state index in [1.165, 1.54) is 4.90 Å². The lowest BCUT2D eigenvalue weighted by Crippen LogP contribution is -2.59. The van der Waals surface area contributed by atoms with Crippen molar-refractivity contribution in [1.82, 2.24) is 4.90 Å². The first-order valence-electron chi connectivity index (χ1n) is 4.97. The minimum Gasteiger partial charge on any atom is -0.343 e. The monoisotopic (exact) mass is 234 g/mol. The second-order valence-corrected chi connectivity index (χ2v) is 6.63. The molecule has 0 aliphatic heterocycles. The topological polar surface area (TPSA) is 80.5 Å². The Morgan fingerprint density at radius 1 is 1.47 bits per heavy atom. The summed E-state index contributed by atoms with van der Waals surface area (Å²) in [4.78, 5) is 13.2. The first kappa shape index (κ1) is 12.4. The smallest absolute Gasteiger partial charge is 0.242 e. The molecule has 0 aromatic heterocycles. The largest absolute Gasteiger partial charge is 0.343 e. The number of hydrogen-bond acceptors (Lipinski definition) is 4. The fourth-order valence-corrected chi connectivity index (χ4v) is 2.16. The van der Waals surface area contributed by atoms with E-state index >= 15 is 0 Å². The Morgan fingerprint density at radius 3 is 2.33 bits per heavy atom. The summed E-state index contributed by atoms with van der Waals surface area (Å²) in [5.74, 6) is -0.150. The van der Waals surface area contributed by atoms with Crippen molar-refractivity contribution in [2.45, 2.75) is 24.8 Å². The maximum Gasteiger partial charge on any atom is 0.242 e. The molecule has 0 aromatic carbocycles. The zero-order valence-corrected chi connectivity index (χ0v) is 10.0. The van der Waals surface area contributed by atoms with E-state index in [0.717, 1.165) is 12.7 Å². The van der Waals surface area contributed by atoms with Crippen LogP contribution in [0.25, 0.3) is 0 Å². The Hall–Kier alpha value is -0.620. The van der Waals surface area contributed by atoms with Crippen LogP contribution in [0.2, 0.25) is 0 Å². The molecule has 0 aromatic rings. The molecule has 0 atom stereocenters. The van der Waals surface area contributed by atoms with Gasteiger partial charge in [0, 0.05) is 19.8 Å². The van der Waals surface area contributed by atoms with Gasteiger partial charge in [0.15, 0.2) is 0 Å². The van der Waals surface area contributed by atoms with Gasteiger partial charge in [-0.15, -0.1) is 0 Å². The lowest BCUT2D eigenvalue weighted by atomic mass is 9.77. The molecule has 88 valence electrons. The molecule has 1 aliphatic carbocycles. The highest BCUT2D eigenvalue weighted by Gasteiger charge is 2.41. The number of carbonyl (C=O) groups excluding carboxylic acids is 1. The molecule has 6 heteroatoms. The van der Waals surface area contributed by atoms with Crippen LogP contribution in [0.1, 0.15) is 19.3 Å². The van der Waals surface area contributed by atoms with E-state index in [0.29, 0.717) is 12.8 Å². The van der Waals surface area contributed by atoms with Crippen LogP contribution in [-0.2, 0) is 14.6 Å². The number of rotatable bonds is 4. The molecule has 1 rings (SSSR count). The highest BCUT2D eigenvalue weighted by molar-refractivity contribution is 7.90. The van der Waals surface area contributed by atoms with Crippen LogP contribution in [0.5, 0.6) is 0 Å². The zero-order chi connectivity index (χ0) is 11.7. The molecule has 0 unspecified atom stereocenters. The minimum atomic E-state index is -3.02. The maximum absolute atomic E-state index is 11.8. The molecular formula is C9H18N2O3S. The number of likely N-dealkylation sites (N-methyl/N-ethyl adjacent to an activating group) is 1. The van der Waals surface area contributed by atoms with E-state index in [1.807, 2.05) is 0 Å². The van der Waals surface area contributed by atoms with Crippen LogP contribution in [0, 0.1) is 0 Å². The van der Waals surface area contributed by atoms with Gasteiger partial charge in [-0.2, -0.15) is 0 Å². The van der Waals surface area contributed by atoms with E-state index in [2.05, 4.69) is 0 Å². The molecule has 1 fully saturated rings. The van der Waals surface area contributed by atoms with Crippen LogP contribution in [0.4, 0.5) is 0 Å². The van der Waals surface area contributed by atoms with E-state index in [9.17, 15) is 13.2 Å². The van der Waals surface area contributed by atoms with E-state index in [-0.39, 0.29) is 18.2 Å². The fourth-order valence-electron chi connectivity index (χ4n) is 1.56. The van der Waals surface area contributed by atoms with Crippen molar-refractivity contribution in [3.05, 3.63) is 0 Å². The Labute approximate surface area is 90.5 Å². The number of carbonyl (C=O) groups is 1. The van der Waals surface area contributed by atoms with Crippen molar-refractivity contribution in [1.29, 1.82) is 0 Å². The Balaban J connectivity index is 2.47. The van der Waals surface area contributed by atoms with Gasteiger partial charge in [-0.05, 0) is 19.3 Å². The van der Waals surface area contributed by atoms with Gasteiger partial charge in [0.25, 0.3) is 0 Å². The lowest BCUT2D eigenvalue weighted by molar-refractivity contribution is -0.138. The molecule has 0 saturated heterocycles. The average molecular weight is 234 g/mol. The highest BCUT2D eigenvalue weighted by Crippen LogP contribution is 2.30. The highest BCUT2D eigenvalue weighted by atomic mass is 32.2. The molecule has 0 spiro atoms. The Morgan fingerprint density at radius 2 is 2.00 bits per heavy atom. The van der Waals surface area contributed by atoms with Crippen LogP contribution in [0.3, 0.4) is 0 Å². The number of sulfone groups is 1. The zero-order valence-electron chi connectivity index (χ0n) is 9.19. The predicted octanol–water partition coefficient (Wildman–Crippen LogP) is -0.629. The summed E-state index contributed by atoms with van der Waals surface area (Å²) in [6.07, 6.45) is 3.54. The molecular weight excluding hydrogens is 216 g/mol.